The summed E-state index contributed by atoms with van der Waals surface area (Å²) in [5, 5.41) is 3.07. The summed E-state index contributed by atoms with van der Waals surface area (Å²) in [6, 6.07) is 7.54. The Hall–Kier alpha value is -1.82. The zero-order valence-electron chi connectivity index (χ0n) is 12.3. The molecule has 0 fully saturated rings. The fraction of sp³-hybridized carbons (Fsp3) is 0.429. The predicted octanol–water partition coefficient (Wildman–Crippen LogP) is 2.71. The van der Waals surface area contributed by atoms with E-state index in [2.05, 4.69) is 5.32 Å². The van der Waals surface area contributed by atoms with Gasteiger partial charge in [-0.25, -0.2) is 4.79 Å². The van der Waals surface area contributed by atoms with Crippen molar-refractivity contribution in [3.8, 4) is 0 Å². The highest BCUT2D eigenvalue weighted by molar-refractivity contribution is 7.80. The van der Waals surface area contributed by atoms with Crippen LogP contribution in [0.3, 0.4) is 0 Å². The molecule has 0 aliphatic heterocycles. The van der Waals surface area contributed by atoms with E-state index >= 15 is 0 Å². The molecule has 6 heteroatoms. The van der Waals surface area contributed by atoms with Crippen molar-refractivity contribution >= 4 is 29.1 Å². The van der Waals surface area contributed by atoms with Crippen LogP contribution in [0, 0.1) is 0 Å². The highest BCUT2D eigenvalue weighted by atomic mass is 32.1. The van der Waals surface area contributed by atoms with Crippen LogP contribution in [0.2, 0.25) is 0 Å². The van der Waals surface area contributed by atoms with Gasteiger partial charge in [0.15, 0.2) is 5.11 Å². The molecular formula is C14H21N3O2S. The summed E-state index contributed by atoms with van der Waals surface area (Å²) in [6.45, 7) is 5.96. The number of carbonyl (C=O) groups excluding carboxylic acids is 1. The second kappa shape index (κ2) is 6.56. The fourth-order valence-electron chi connectivity index (χ4n) is 1.57. The van der Waals surface area contributed by atoms with Crippen LogP contribution in [0.1, 0.15) is 26.3 Å². The van der Waals surface area contributed by atoms with Crippen molar-refractivity contribution in [3.63, 3.8) is 0 Å². The molecule has 1 aromatic carbocycles. The van der Waals surface area contributed by atoms with Gasteiger partial charge in [-0.3, -0.25) is 0 Å². The van der Waals surface area contributed by atoms with Gasteiger partial charge in [0.1, 0.15) is 5.60 Å². The van der Waals surface area contributed by atoms with Crippen LogP contribution in [-0.2, 0) is 11.3 Å². The molecule has 20 heavy (non-hydrogen) atoms. The fourth-order valence-corrected chi connectivity index (χ4v) is 1.69. The number of nitrogens with one attached hydrogen (secondary N) is 1. The second-order valence-corrected chi connectivity index (χ2v) is 5.97. The lowest BCUT2D eigenvalue weighted by molar-refractivity contribution is 0.0285. The zero-order chi connectivity index (χ0) is 15.3. The van der Waals surface area contributed by atoms with Gasteiger partial charge in [-0.1, -0.05) is 12.1 Å². The number of thiocarbonyl (C=S) groups is 1. The Balaban J connectivity index is 2.68. The van der Waals surface area contributed by atoms with Crippen LogP contribution in [0.5, 0.6) is 0 Å². The summed E-state index contributed by atoms with van der Waals surface area (Å²) in [5.41, 5.74) is 6.69. The van der Waals surface area contributed by atoms with E-state index in [9.17, 15) is 4.79 Å². The third-order valence-electron chi connectivity index (χ3n) is 2.32. The van der Waals surface area contributed by atoms with Gasteiger partial charge in [0.05, 0.1) is 0 Å². The van der Waals surface area contributed by atoms with E-state index in [0.29, 0.717) is 6.54 Å². The van der Waals surface area contributed by atoms with Crippen molar-refractivity contribution in [1.82, 2.24) is 4.90 Å². The van der Waals surface area contributed by atoms with Crippen LogP contribution in [0.4, 0.5) is 10.5 Å². The number of benzene rings is 1. The van der Waals surface area contributed by atoms with Gasteiger partial charge in [-0.15, -0.1) is 0 Å². The highest BCUT2D eigenvalue weighted by Crippen LogP contribution is 2.14. The molecular weight excluding hydrogens is 274 g/mol. The summed E-state index contributed by atoms with van der Waals surface area (Å²) >= 11 is 4.79. The van der Waals surface area contributed by atoms with E-state index in [-0.39, 0.29) is 11.2 Å². The molecule has 0 atom stereocenters. The first-order valence-corrected chi connectivity index (χ1v) is 6.68. The molecule has 0 aliphatic rings. The summed E-state index contributed by atoms with van der Waals surface area (Å²) in [4.78, 5) is 13.4. The molecule has 0 heterocycles. The molecule has 1 rings (SSSR count). The van der Waals surface area contributed by atoms with Gasteiger partial charge < -0.3 is 20.7 Å². The van der Waals surface area contributed by atoms with E-state index in [0.717, 1.165) is 11.3 Å². The maximum Gasteiger partial charge on any atom is 0.410 e. The van der Waals surface area contributed by atoms with Crippen LogP contribution >= 0.6 is 12.2 Å². The maximum absolute atomic E-state index is 11.9. The molecule has 0 saturated carbocycles. The number of hydrogen-bond donors (Lipinski definition) is 2. The lowest BCUT2D eigenvalue weighted by Gasteiger charge is -2.24. The SMILES string of the molecule is CN(Cc1cccc(NC(N)=S)c1)C(=O)OC(C)(C)C. The van der Waals surface area contributed by atoms with E-state index in [1.807, 2.05) is 45.0 Å². The minimum absolute atomic E-state index is 0.211. The molecule has 0 bridgehead atoms. The number of hydrogen-bond acceptors (Lipinski definition) is 3. The largest absolute Gasteiger partial charge is 0.444 e. The number of anilines is 1. The average Bonchev–Trinajstić information content (AvgIpc) is 2.26. The molecule has 0 unspecified atom stereocenters. The Labute approximate surface area is 125 Å². The molecule has 0 saturated heterocycles. The van der Waals surface area contributed by atoms with E-state index < -0.39 is 5.60 Å². The second-order valence-electron chi connectivity index (χ2n) is 5.53. The van der Waals surface area contributed by atoms with Crippen molar-refractivity contribution < 1.29 is 9.53 Å². The Kier molecular flexibility index (Phi) is 5.33. The Morgan fingerprint density at radius 3 is 2.65 bits per heavy atom. The lowest BCUT2D eigenvalue weighted by atomic mass is 10.2. The van der Waals surface area contributed by atoms with Gasteiger partial charge in [-0.2, -0.15) is 0 Å². The minimum atomic E-state index is -0.500. The maximum atomic E-state index is 11.9. The number of nitrogens with zero attached hydrogens (tertiary/aromatic N) is 1. The molecule has 3 N–H and O–H groups in total. The van der Waals surface area contributed by atoms with Crippen LogP contribution < -0.4 is 11.1 Å². The molecule has 110 valence electrons. The third-order valence-corrected chi connectivity index (χ3v) is 2.42. The first-order valence-electron chi connectivity index (χ1n) is 6.27. The van der Waals surface area contributed by atoms with Crippen molar-refractivity contribution in [3.05, 3.63) is 29.8 Å². The summed E-state index contributed by atoms with van der Waals surface area (Å²) in [5.74, 6) is 0. The number of amides is 1. The number of nitrogens with two attached hydrogens (primary N) is 1. The summed E-state index contributed by atoms with van der Waals surface area (Å²) in [6.07, 6.45) is -0.356. The quantitative estimate of drug-likeness (QED) is 0.839. The van der Waals surface area contributed by atoms with Gasteiger partial charge in [-0.05, 0) is 50.7 Å². The number of rotatable bonds is 3. The van der Waals surface area contributed by atoms with E-state index in [4.69, 9.17) is 22.7 Å². The van der Waals surface area contributed by atoms with Gasteiger partial charge in [0, 0.05) is 19.3 Å². The topological polar surface area (TPSA) is 67.6 Å². The summed E-state index contributed by atoms with van der Waals surface area (Å²) < 4.78 is 5.30. The number of ether oxygens (including phenoxy) is 1. The van der Waals surface area contributed by atoms with Crippen molar-refractivity contribution in [2.75, 3.05) is 12.4 Å². The van der Waals surface area contributed by atoms with E-state index in [1.54, 1.807) is 7.05 Å². The first kappa shape index (κ1) is 16.2. The average molecular weight is 295 g/mol. The molecule has 1 aromatic rings. The van der Waals surface area contributed by atoms with Gasteiger partial charge in [0.2, 0.25) is 0 Å². The predicted molar refractivity (Wildman–Crippen MR) is 84.6 cm³/mol. The van der Waals surface area contributed by atoms with Crippen molar-refractivity contribution in [2.24, 2.45) is 5.73 Å². The Morgan fingerprint density at radius 2 is 2.10 bits per heavy atom. The minimum Gasteiger partial charge on any atom is -0.444 e. The third kappa shape index (κ3) is 5.88. The molecule has 0 radical (unpaired) electrons. The zero-order valence-corrected chi connectivity index (χ0v) is 13.1. The Bertz CT molecular complexity index is 497. The number of carbonyl (C=O) groups is 1. The molecule has 0 aliphatic carbocycles. The van der Waals surface area contributed by atoms with Crippen LogP contribution in [-0.4, -0.2) is 28.8 Å². The van der Waals surface area contributed by atoms with Gasteiger partial charge in [0.25, 0.3) is 0 Å². The molecule has 0 spiro atoms. The standard InChI is InChI=1S/C14H21N3O2S/c1-14(2,3)19-13(18)17(4)9-10-6-5-7-11(8-10)16-12(15)20/h5-8H,9H2,1-4H3,(H3,15,16,20). The van der Waals surface area contributed by atoms with Crippen LogP contribution in [0.15, 0.2) is 24.3 Å². The van der Waals surface area contributed by atoms with Crippen LogP contribution in [0.25, 0.3) is 0 Å². The first-order chi connectivity index (χ1) is 9.17. The highest BCUT2D eigenvalue weighted by Gasteiger charge is 2.19. The smallest absolute Gasteiger partial charge is 0.410 e. The van der Waals surface area contributed by atoms with Crippen molar-refractivity contribution in [2.45, 2.75) is 32.9 Å². The van der Waals surface area contributed by atoms with Crippen molar-refractivity contribution in [1.29, 1.82) is 0 Å². The monoisotopic (exact) mass is 295 g/mol. The summed E-state index contributed by atoms with van der Waals surface area (Å²) in [7, 11) is 1.70. The Morgan fingerprint density at radius 1 is 1.45 bits per heavy atom. The molecule has 1 amide bonds. The van der Waals surface area contributed by atoms with Gasteiger partial charge >= 0.3 is 6.09 Å². The lowest BCUT2D eigenvalue weighted by Crippen LogP contribution is -2.33. The molecule has 5 nitrogen and oxygen atoms in total. The molecule has 0 aromatic heterocycles. The normalized spacial score (nSPS) is 10.8. The van der Waals surface area contributed by atoms with E-state index in [1.165, 1.54) is 4.90 Å².